The van der Waals surface area contributed by atoms with Crippen molar-refractivity contribution in [2.45, 2.75) is 46.3 Å². The number of hydrogen-bond acceptors (Lipinski definition) is 6. The largest absolute Gasteiger partial charge is 0.390 e. The molecule has 0 radical (unpaired) electrons. The Morgan fingerprint density at radius 3 is 2.62 bits per heavy atom. The van der Waals surface area contributed by atoms with Crippen molar-refractivity contribution in [2.24, 2.45) is 11.1 Å². The minimum Gasteiger partial charge on any atom is -0.390 e. The molecule has 3 aromatic heterocycles. The number of anilines is 1. The average Bonchev–Trinajstić information content (AvgIpc) is 3.26. The molecular weight excluding hydrogens is 424 g/mol. The van der Waals surface area contributed by atoms with Gasteiger partial charge in [-0.1, -0.05) is 39.3 Å². The first-order valence-electron chi connectivity index (χ1n) is 12.0. The zero-order valence-corrected chi connectivity index (χ0v) is 20.1. The van der Waals surface area contributed by atoms with Gasteiger partial charge in [-0.25, -0.2) is 9.67 Å². The monoisotopic (exact) mass is 456 g/mol. The molecule has 34 heavy (non-hydrogen) atoms. The van der Waals surface area contributed by atoms with E-state index in [4.69, 9.17) is 10.7 Å². The predicted octanol–water partition coefficient (Wildman–Crippen LogP) is 4.62. The molecule has 0 amide bonds. The van der Waals surface area contributed by atoms with Crippen LogP contribution in [0.15, 0.2) is 54.7 Å². The molecule has 1 aliphatic heterocycles. The molecule has 1 fully saturated rings. The number of pyridine rings is 2. The predicted molar refractivity (Wildman–Crippen MR) is 136 cm³/mol. The summed E-state index contributed by atoms with van der Waals surface area (Å²) in [5.74, 6) is 0.681. The Labute approximate surface area is 200 Å². The molecule has 5 rings (SSSR count). The summed E-state index contributed by atoms with van der Waals surface area (Å²) in [4.78, 5) is 11.9. The van der Waals surface area contributed by atoms with Gasteiger partial charge in [0, 0.05) is 35.8 Å². The lowest BCUT2D eigenvalue weighted by molar-refractivity contribution is 0.276. The van der Waals surface area contributed by atoms with Crippen molar-refractivity contribution in [1.82, 2.24) is 19.7 Å². The van der Waals surface area contributed by atoms with Crippen LogP contribution in [-0.4, -0.2) is 37.9 Å². The number of nitrogens with two attached hydrogens (primary N) is 1. The van der Waals surface area contributed by atoms with Gasteiger partial charge in [-0.15, -0.1) is 0 Å². The van der Waals surface area contributed by atoms with Gasteiger partial charge in [0.15, 0.2) is 5.82 Å². The molecule has 0 spiro atoms. The second kappa shape index (κ2) is 8.81. The minimum atomic E-state index is -0.110. The maximum Gasteiger partial charge on any atom is 0.154 e. The first-order valence-corrected chi connectivity index (χ1v) is 12.0. The topological polar surface area (TPSA) is 93.1 Å². The average molecular weight is 457 g/mol. The first kappa shape index (κ1) is 22.5. The molecule has 176 valence electrons. The van der Waals surface area contributed by atoms with Gasteiger partial charge in [0.25, 0.3) is 0 Å². The highest BCUT2D eigenvalue weighted by Crippen LogP contribution is 2.40. The van der Waals surface area contributed by atoms with Crippen molar-refractivity contribution >= 4 is 16.6 Å². The number of aliphatic hydroxyl groups is 1. The maximum atomic E-state index is 9.56. The molecule has 3 N–H and O–H groups in total. The second-order valence-electron chi connectivity index (χ2n) is 9.99. The molecule has 4 aromatic rings. The van der Waals surface area contributed by atoms with Crippen molar-refractivity contribution in [1.29, 1.82) is 0 Å². The van der Waals surface area contributed by atoms with E-state index >= 15 is 0 Å². The fraction of sp³-hybridized carbons (Fsp3) is 0.370. The minimum absolute atomic E-state index is 0.0692. The lowest BCUT2D eigenvalue weighted by Gasteiger charge is -2.47. The van der Waals surface area contributed by atoms with Crippen LogP contribution in [0, 0.1) is 5.41 Å². The van der Waals surface area contributed by atoms with Crippen LogP contribution in [0.25, 0.3) is 28.0 Å². The number of benzene rings is 1. The number of aliphatic hydroxyl groups excluding tert-OH is 1. The molecule has 1 aromatic carbocycles. The zero-order chi connectivity index (χ0) is 23.9. The van der Waals surface area contributed by atoms with Crippen molar-refractivity contribution in [3.63, 3.8) is 0 Å². The summed E-state index contributed by atoms with van der Waals surface area (Å²) >= 11 is 0. The molecule has 1 saturated heterocycles. The highest BCUT2D eigenvalue weighted by Gasteiger charge is 2.35. The normalized spacial score (nSPS) is 16.0. The lowest BCUT2D eigenvalue weighted by atomic mass is 9.83. The fourth-order valence-corrected chi connectivity index (χ4v) is 4.81. The number of nitrogens with zero attached hydrogens (tertiary/aromatic N) is 5. The van der Waals surface area contributed by atoms with Crippen LogP contribution in [0.5, 0.6) is 0 Å². The van der Waals surface area contributed by atoms with Crippen LogP contribution in [0.3, 0.4) is 0 Å². The van der Waals surface area contributed by atoms with Gasteiger partial charge in [0.05, 0.1) is 35.4 Å². The Morgan fingerprint density at radius 1 is 1.09 bits per heavy atom. The van der Waals surface area contributed by atoms with Crippen molar-refractivity contribution in [3.05, 3.63) is 66.1 Å². The Hall–Kier alpha value is -3.29. The first-order chi connectivity index (χ1) is 16.4. The fourth-order valence-electron chi connectivity index (χ4n) is 4.81. The van der Waals surface area contributed by atoms with E-state index in [1.807, 2.05) is 47.3 Å². The number of fused-ring (bicyclic) bond motifs is 1. The van der Waals surface area contributed by atoms with Crippen molar-refractivity contribution < 1.29 is 5.11 Å². The van der Waals surface area contributed by atoms with E-state index in [2.05, 4.69) is 47.9 Å². The summed E-state index contributed by atoms with van der Waals surface area (Å²) in [7, 11) is 0. The molecule has 7 nitrogen and oxygen atoms in total. The van der Waals surface area contributed by atoms with E-state index in [1.165, 1.54) is 0 Å². The summed E-state index contributed by atoms with van der Waals surface area (Å²) in [6, 6.07) is 16.0. The van der Waals surface area contributed by atoms with Gasteiger partial charge < -0.3 is 15.7 Å². The number of aromatic nitrogens is 4. The van der Waals surface area contributed by atoms with Gasteiger partial charge in [0.1, 0.15) is 0 Å². The van der Waals surface area contributed by atoms with Gasteiger partial charge in [0.2, 0.25) is 0 Å². The van der Waals surface area contributed by atoms with Crippen molar-refractivity contribution in [2.75, 3.05) is 18.0 Å². The van der Waals surface area contributed by atoms with Crippen LogP contribution in [0.1, 0.15) is 51.0 Å². The van der Waals surface area contributed by atoms with E-state index in [0.717, 1.165) is 59.5 Å². The highest BCUT2D eigenvalue weighted by atomic mass is 16.3. The van der Waals surface area contributed by atoms with Crippen molar-refractivity contribution in [3.8, 4) is 17.1 Å². The molecule has 0 aliphatic carbocycles. The van der Waals surface area contributed by atoms with Gasteiger partial charge in [-0.05, 0) is 48.2 Å². The van der Waals surface area contributed by atoms with E-state index in [1.54, 1.807) is 0 Å². The molecule has 0 bridgehead atoms. The Kier molecular flexibility index (Phi) is 5.83. The summed E-state index contributed by atoms with van der Waals surface area (Å²) in [6.45, 7) is 8.59. The molecule has 1 unspecified atom stereocenters. The molecule has 4 heterocycles. The van der Waals surface area contributed by atoms with Crippen LogP contribution in [0.2, 0.25) is 0 Å². The third-order valence-corrected chi connectivity index (χ3v) is 6.46. The third-order valence-electron chi connectivity index (χ3n) is 6.46. The van der Waals surface area contributed by atoms with E-state index in [0.29, 0.717) is 16.9 Å². The number of hydrogen-bond donors (Lipinski definition) is 2. The van der Waals surface area contributed by atoms with Crippen LogP contribution >= 0.6 is 0 Å². The quantitative estimate of drug-likeness (QED) is 0.421. The highest BCUT2D eigenvalue weighted by molar-refractivity contribution is 5.97. The van der Waals surface area contributed by atoms with Crippen LogP contribution in [0.4, 0.5) is 5.69 Å². The van der Waals surface area contributed by atoms with E-state index < -0.39 is 0 Å². The lowest BCUT2D eigenvalue weighted by Crippen LogP contribution is -2.53. The summed E-state index contributed by atoms with van der Waals surface area (Å²) in [5.41, 5.74) is 12.2. The summed E-state index contributed by atoms with van der Waals surface area (Å²) < 4.78 is 1.85. The SMILES string of the molecule is CCCC(N)c1cccc(-c2cc(N3CC(C)(C)C3)c3cnn(-c4cccc(CO)n4)c3c2)n1. The Morgan fingerprint density at radius 2 is 1.88 bits per heavy atom. The standard InChI is InChI=1S/C27H32N6O/c1-4-7-21(28)23-10-6-9-22(31-23)18-12-24(32-16-27(2,3)17-32)20-14-29-33(25(20)13-18)26-11-5-8-19(15-34)30-26/h5-6,8-14,21,34H,4,7,15-17,28H2,1-3H3. The van der Waals surface area contributed by atoms with E-state index in [-0.39, 0.29) is 12.6 Å². The molecule has 1 aliphatic rings. The second-order valence-corrected chi connectivity index (χ2v) is 9.99. The number of rotatable bonds is 7. The van der Waals surface area contributed by atoms with Crippen LogP contribution in [-0.2, 0) is 6.61 Å². The molecule has 7 heteroatoms. The van der Waals surface area contributed by atoms with Gasteiger partial charge in [-0.2, -0.15) is 5.10 Å². The molecule has 0 saturated carbocycles. The zero-order valence-electron chi connectivity index (χ0n) is 20.1. The van der Waals surface area contributed by atoms with E-state index in [9.17, 15) is 5.11 Å². The molecular formula is C27H32N6O. The van der Waals surface area contributed by atoms with Gasteiger partial charge >= 0.3 is 0 Å². The Balaban J connectivity index is 1.66. The maximum absolute atomic E-state index is 9.56. The smallest absolute Gasteiger partial charge is 0.154 e. The van der Waals surface area contributed by atoms with Crippen LogP contribution < -0.4 is 10.6 Å². The summed E-state index contributed by atoms with van der Waals surface area (Å²) in [6.07, 6.45) is 3.84. The third kappa shape index (κ3) is 4.17. The Bertz CT molecular complexity index is 1320. The molecule has 1 atom stereocenters. The van der Waals surface area contributed by atoms with Gasteiger partial charge in [-0.3, -0.25) is 4.98 Å². The summed E-state index contributed by atoms with van der Waals surface area (Å²) in [5, 5.41) is 15.3.